The van der Waals surface area contributed by atoms with Crippen LogP contribution in [0.3, 0.4) is 0 Å². The van der Waals surface area contributed by atoms with Crippen molar-refractivity contribution in [3.05, 3.63) is 59.9 Å². The number of halogens is 2. The largest absolute Gasteiger partial charge is 0.435 e. The van der Waals surface area contributed by atoms with Crippen LogP contribution >= 0.6 is 0 Å². The SMILES string of the molecule is O=C(c1ccncc1)N1CCOC(c2cccc(OC(F)F)c2)C1. The Bertz CT molecular complexity index is 697. The Morgan fingerprint density at radius 3 is 2.83 bits per heavy atom. The molecule has 0 bridgehead atoms. The first-order valence-electron chi connectivity index (χ1n) is 7.49. The number of aromatic nitrogens is 1. The number of carbonyl (C=O) groups excluding carboxylic acids is 1. The van der Waals surface area contributed by atoms with Crippen LogP contribution in [0.2, 0.25) is 0 Å². The zero-order valence-corrected chi connectivity index (χ0v) is 12.8. The molecule has 0 radical (unpaired) electrons. The first-order valence-corrected chi connectivity index (χ1v) is 7.49. The molecule has 1 fully saturated rings. The lowest BCUT2D eigenvalue weighted by molar-refractivity contribution is -0.0504. The van der Waals surface area contributed by atoms with Crippen LogP contribution in [0, 0.1) is 0 Å². The Hall–Kier alpha value is -2.54. The molecule has 1 aliphatic rings. The van der Waals surface area contributed by atoms with Crippen LogP contribution in [0.25, 0.3) is 0 Å². The molecule has 7 heteroatoms. The van der Waals surface area contributed by atoms with Crippen molar-refractivity contribution in [3.63, 3.8) is 0 Å². The molecule has 1 aliphatic heterocycles. The highest BCUT2D eigenvalue weighted by Crippen LogP contribution is 2.26. The van der Waals surface area contributed by atoms with E-state index in [0.29, 0.717) is 30.8 Å². The van der Waals surface area contributed by atoms with E-state index >= 15 is 0 Å². The Balaban J connectivity index is 1.73. The Morgan fingerprint density at radius 1 is 1.29 bits per heavy atom. The number of rotatable bonds is 4. The summed E-state index contributed by atoms with van der Waals surface area (Å²) in [6, 6.07) is 9.67. The highest BCUT2D eigenvalue weighted by atomic mass is 19.3. The highest BCUT2D eigenvalue weighted by Gasteiger charge is 2.26. The van der Waals surface area contributed by atoms with Gasteiger partial charge in [-0.05, 0) is 29.8 Å². The molecular formula is C17H16F2N2O3. The predicted octanol–water partition coefficient (Wildman–Crippen LogP) is 2.90. The van der Waals surface area contributed by atoms with Crippen LogP contribution in [-0.2, 0) is 4.74 Å². The molecule has 0 N–H and O–H groups in total. The van der Waals surface area contributed by atoms with E-state index in [4.69, 9.17) is 4.74 Å². The van der Waals surface area contributed by atoms with E-state index in [1.54, 1.807) is 41.6 Å². The maximum atomic E-state index is 12.5. The van der Waals surface area contributed by atoms with Crippen molar-refractivity contribution in [1.29, 1.82) is 0 Å². The number of carbonyl (C=O) groups is 1. The van der Waals surface area contributed by atoms with Crippen LogP contribution in [0.5, 0.6) is 5.75 Å². The number of amides is 1. The number of hydrogen-bond donors (Lipinski definition) is 0. The van der Waals surface area contributed by atoms with E-state index in [2.05, 4.69) is 9.72 Å². The molecule has 2 heterocycles. The molecule has 0 aliphatic carbocycles. The van der Waals surface area contributed by atoms with Gasteiger partial charge in [-0.3, -0.25) is 9.78 Å². The fourth-order valence-electron chi connectivity index (χ4n) is 2.60. The van der Waals surface area contributed by atoms with E-state index in [-0.39, 0.29) is 17.8 Å². The van der Waals surface area contributed by atoms with Gasteiger partial charge in [0.2, 0.25) is 0 Å². The van der Waals surface area contributed by atoms with Crippen LogP contribution in [0.1, 0.15) is 22.0 Å². The molecule has 2 aromatic rings. The lowest BCUT2D eigenvalue weighted by Gasteiger charge is -2.33. The number of nitrogens with zero attached hydrogens (tertiary/aromatic N) is 2. The summed E-state index contributed by atoms with van der Waals surface area (Å²) in [6.07, 6.45) is 2.75. The topological polar surface area (TPSA) is 51.7 Å². The van der Waals surface area contributed by atoms with Gasteiger partial charge in [0.05, 0.1) is 13.2 Å². The minimum absolute atomic E-state index is 0.0729. The summed E-state index contributed by atoms with van der Waals surface area (Å²) in [5, 5.41) is 0. The number of alkyl halides is 2. The molecule has 1 saturated heterocycles. The smallest absolute Gasteiger partial charge is 0.387 e. The second-order valence-corrected chi connectivity index (χ2v) is 5.30. The molecule has 1 aromatic heterocycles. The van der Waals surface area contributed by atoms with Crippen molar-refractivity contribution in [2.24, 2.45) is 0 Å². The minimum Gasteiger partial charge on any atom is -0.435 e. The number of hydrogen-bond acceptors (Lipinski definition) is 4. The van der Waals surface area contributed by atoms with Gasteiger partial charge in [0.15, 0.2) is 0 Å². The Kier molecular flexibility index (Phi) is 5.00. The van der Waals surface area contributed by atoms with Crippen LogP contribution in [0.4, 0.5) is 8.78 Å². The van der Waals surface area contributed by atoms with E-state index in [1.807, 2.05) is 0 Å². The van der Waals surface area contributed by atoms with Crippen molar-refractivity contribution >= 4 is 5.91 Å². The quantitative estimate of drug-likeness (QED) is 0.863. The fraction of sp³-hybridized carbons (Fsp3) is 0.294. The summed E-state index contributed by atoms with van der Waals surface area (Å²) in [6.45, 7) is -1.68. The minimum atomic E-state index is -2.88. The van der Waals surface area contributed by atoms with Gasteiger partial charge in [-0.1, -0.05) is 12.1 Å². The molecular weight excluding hydrogens is 318 g/mol. The monoisotopic (exact) mass is 334 g/mol. The summed E-state index contributed by atoms with van der Waals surface area (Å²) >= 11 is 0. The number of morpholine rings is 1. The van der Waals surface area contributed by atoms with Crippen molar-refractivity contribution < 1.29 is 23.0 Å². The van der Waals surface area contributed by atoms with Gasteiger partial charge in [0, 0.05) is 24.5 Å². The third-order valence-electron chi connectivity index (χ3n) is 3.74. The second-order valence-electron chi connectivity index (χ2n) is 5.30. The summed E-state index contributed by atoms with van der Waals surface area (Å²) < 4.78 is 34.8. The third-order valence-corrected chi connectivity index (χ3v) is 3.74. The molecule has 0 saturated carbocycles. The van der Waals surface area contributed by atoms with Gasteiger partial charge in [0.1, 0.15) is 11.9 Å². The lowest BCUT2D eigenvalue weighted by atomic mass is 10.1. The summed E-state index contributed by atoms with van der Waals surface area (Å²) in [7, 11) is 0. The second kappa shape index (κ2) is 7.35. The van der Waals surface area contributed by atoms with Crippen molar-refractivity contribution in [3.8, 4) is 5.75 Å². The molecule has 1 unspecified atom stereocenters. The van der Waals surface area contributed by atoms with Gasteiger partial charge in [0.25, 0.3) is 5.91 Å². The molecule has 1 amide bonds. The first-order chi connectivity index (χ1) is 11.6. The average Bonchev–Trinajstić information content (AvgIpc) is 2.62. The molecule has 5 nitrogen and oxygen atoms in total. The standard InChI is InChI=1S/C17H16F2N2O3/c18-17(19)24-14-3-1-2-13(10-14)15-11-21(8-9-23-15)16(22)12-4-6-20-7-5-12/h1-7,10,15,17H,8-9,11H2. The first kappa shape index (κ1) is 16.3. The fourth-order valence-corrected chi connectivity index (χ4v) is 2.60. The normalized spacial score (nSPS) is 17.8. The zero-order valence-electron chi connectivity index (χ0n) is 12.8. The number of benzene rings is 1. The van der Waals surface area contributed by atoms with Gasteiger partial charge in [-0.2, -0.15) is 8.78 Å². The molecule has 3 rings (SSSR count). The maximum Gasteiger partial charge on any atom is 0.387 e. The predicted molar refractivity (Wildman–Crippen MR) is 81.9 cm³/mol. The van der Waals surface area contributed by atoms with Gasteiger partial charge in [-0.15, -0.1) is 0 Å². The van der Waals surface area contributed by atoms with Crippen molar-refractivity contribution in [2.45, 2.75) is 12.7 Å². The zero-order chi connectivity index (χ0) is 16.9. The average molecular weight is 334 g/mol. The molecule has 126 valence electrons. The van der Waals surface area contributed by atoms with Crippen LogP contribution in [0.15, 0.2) is 48.8 Å². The summed E-state index contributed by atoms with van der Waals surface area (Å²) in [4.78, 5) is 18.1. The molecule has 0 spiro atoms. The van der Waals surface area contributed by atoms with Gasteiger partial charge < -0.3 is 14.4 Å². The Labute approximate surface area is 137 Å². The van der Waals surface area contributed by atoms with Gasteiger partial charge in [-0.25, -0.2) is 0 Å². The highest BCUT2D eigenvalue weighted by molar-refractivity contribution is 5.94. The van der Waals surface area contributed by atoms with E-state index < -0.39 is 6.61 Å². The van der Waals surface area contributed by atoms with Crippen LogP contribution < -0.4 is 4.74 Å². The van der Waals surface area contributed by atoms with Crippen molar-refractivity contribution in [2.75, 3.05) is 19.7 Å². The van der Waals surface area contributed by atoms with E-state index in [9.17, 15) is 13.6 Å². The van der Waals surface area contributed by atoms with Gasteiger partial charge >= 0.3 is 6.61 Å². The van der Waals surface area contributed by atoms with Crippen molar-refractivity contribution in [1.82, 2.24) is 9.88 Å². The maximum absolute atomic E-state index is 12.5. The van der Waals surface area contributed by atoms with E-state index in [1.165, 1.54) is 12.1 Å². The summed E-state index contributed by atoms with van der Waals surface area (Å²) in [5.74, 6) is -0.0330. The third kappa shape index (κ3) is 3.86. The number of ether oxygens (including phenoxy) is 2. The molecule has 1 aromatic carbocycles. The van der Waals surface area contributed by atoms with E-state index in [0.717, 1.165) is 0 Å². The lowest BCUT2D eigenvalue weighted by Crippen LogP contribution is -2.42. The number of pyridine rings is 1. The molecule has 24 heavy (non-hydrogen) atoms. The summed E-state index contributed by atoms with van der Waals surface area (Å²) in [5.41, 5.74) is 1.25. The Morgan fingerprint density at radius 2 is 2.08 bits per heavy atom. The molecule has 1 atom stereocenters. The van der Waals surface area contributed by atoms with Crippen LogP contribution in [-0.4, -0.2) is 42.1 Å².